The van der Waals surface area contributed by atoms with E-state index >= 15 is 0 Å². The first kappa shape index (κ1) is 16.4. The minimum absolute atomic E-state index is 0. The molecule has 0 aliphatic carbocycles. The van der Waals surface area contributed by atoms with Gasteiger partial charge in [0.15, 0.2) is 0 Å². The molecule has 4 heavy (non-hydrogen) atoms. The van der Waals surface area contributed by atoms with Crippen molar-refractivity contribution in [1.29, 1.82) is 0 Å². The van der Waals surface area contributed by atoms with Crippen molar-refractivity contribution in [3.05, 3.63) is 0 Å². The van der Waals surface area contributed by atoms with Crippen LogP contribution in [0.2, 0.25) is 0 Å². The molecule has 0 amide bonds. The minimum Gasteiger partial charge on any atom is 0 e. The molecular weight excluding hydrogens is 430 g/mol. The summed E-state index contributed by atoms with van der Waals surface area (Å²) in [5, 5.41) is 0. The van der Waals surface area contributed by atoms with E-state index in [0.717, 1.165) is 0 Å². The molecule has 0 aliphatic heterocycles. The third-order valence-corrected chi connectivity index (χ3v) is 0. The normalized spacial score (nSPS) is 1.00. The Morgan fingerprint density at radius 1 is 1.25 bits per heavy atom. The average Bonchev–Trinajstić information content (AvgIpc) is 1.00. The predicted octanol–water partition coefficient (Wildman–Crippen LogP) is -1.69. The van der Waals surface area contributed by atoms with E-state index in [1.54, 1.807) is 0 Å². The van der Waals surface area contributed by atoms with Crippen LogP contribution in [0.25, 0.3) is 0 Å². The van der Waals surface area contributed by atoms with Crippen LogP contribution in [-0.4, -0.2) is 48.4 Å². The Balaban J connectivity index is -0.00000000500. The molecule has 0 fully saturated rings. The molecule has 4 heteroatoms. The van der Waals surface area contributed by atoms with Crippen molar-refractivity contribution in [2.75, 3.05) is 0 Å². The van der Waals surface area contributed by atoms with Crippen LogP contribution in [-0.2, 0) is 25.5 Å². The van der Waals surface area contributed by atoms with Crippen molar-refractivity contribution in [2.45, 2.75) is 0 Å². The van der Waals surface area contributed by atoms with E-state index in [1.165, 1.54) is 0 Å². The van der Waals surface area contributed by atoms with E-state index in [4.69, 9.17) is 3.08 Å². The molecule has 0 atom stereocenters. The summed E-state index contributed by atoms with van der Waals surface area (Å²) >= 11 is 0.300. The van der Waals surface area contributed by atoms with E-state index in [1.807, 2.05) is 0 Å². The largest absolute Gasteiger partial charge is 0 e. The van der Waals surface area contributed by atoms with E-state index in [2.05, 4.69) is 0 Å². The van der Waals surface area contributed by atoms with Crippen molar-refractivity contribution in [3.63, 3.8) is 0 Å². The zero-order valence-corrected chi connectivity index (χ0v) is 7.42. The molecule has 0 aromatic heterocycles. The van der Waals surface area contributed by atoms with Crippen molar-refractivity contribution < 1.29 is 25.5 Å². The Hall–Kier alpha value is 2.21. The monoisotopic (exact) mass is 435 g/mol. The van der Waals surface area contributed by atoms with Gasteiger partial charge in [-0.3, -0.25) is 0 Å². The predicted molar refractivity (Wildman–Crippen MR) is 16.4 cm³/mol. The molecule has 0 saturated heterocycles. The summed E-state index contributed by atoms with van der Waals surface area (Å²) in [5.41, 5.74) is 0. The van der Waals surface area contributed by atoms with Crippen LogP contribution in [0, 0.1) is 0 Å². The van der Waals surface area contributed by atoms with Gasteiger partial charge in [-0.15, -0.1) is 0 Å². The Morgan fingerprint density at radius 3 is 1.25 bits per heavy atom. The van der Waals surface area contributed by atoms with Crippen molar-refractivity contribution in [1.82, 2.24) is 0 Å². The smallest absolute Gasteiger partial charge is 0 e. The fourth-order valence-corrected chi connectivity index (χ4v) is 0. The van der Waals surface area contributed by atoms with Crippen molar-refractivity contribution in [2.24, 2.45) is 0 Å². The third kappa shape index (κ3) is 8.88. The van der Waals surface area contributed by atoms with E-state index < -0.39 is 0 Å². The van der Waals surface area contributed by atoms with Gasteiger partial charge in [0.2, 0.25) is 0 Å². The first-order valence-electron chi connectivity index (χ1n) is 0.204. The van der Waals surface area contributed by atoms with Crippen LogP contribution < -0.4 is 0 Å². The molecule has 0 spiro atoms. The standard InChI is InChI=1S/In.O.Sn.Ta.3H. The Labute approximate surface area is 72.7 Å². The second kappa shape index (κ2) is 18.9. The second-order valence-corrected chi connectivity index (χ2v) is 0. The first-order valence-corrected chi connectivity index (χ1v) is 1.37. The molecular formula is H3InOSnTa. The van der Waals surface area contributed by atoms with Gasteiger partial charge in [0.1, 0.15) is 0 Å². The molecule has 3 radical (unpaired) electrons. The van der Waals surface area contributed by atoms with E-state index in [0.29, 0.717) is 22.5 Å². The number of rotatable bonds is 0. The van der Waals surface area contributed by atoms with Crippen LogP contribution in [0.3, 0.4) is 0 Å². The average molecular weight is 434 g/mol. The summed E-state index contributed by atoms with van der Waals surface area (Å²) in [6.07, 6.45) is 0. The Kier molecular flexibility index (Phi) is 77.3. The molecule has 0 aliphatic rings. The van der Waals surface area contributed by atoms with Crippen LogP contribution in [0.15, 0.2) is 0 Å². The fourth-order valence-electron chi connectivity index (χ4n) is 0. The third-order valence-electron chi connectivity index (χ3n) is 0. The summed E-state index contributed by atoms with van der Waals surface area (Å²) in [4.78, 5) is 0. The SMILES string of the molecule is [InH3].[O]=[Sn].[Ta]. The fraction of sp³-hybridized carbons (Fsp3) is 0. The summed E-state index contributed by atoms with van der Waals surface area (Å²) in [6.45, 7) is 0. The summed E-state index contributed by atoms with van der Waals surface area (Å²) in [7, 11) is 0. The zero-order chi connectivity index (χ0) is 2.00. The second-order valence-electron chi connectivity index (χ2n) is 0. The summed E-state index contributed by atoms with van der Waals surface area (Å²) in [6, 6.07) is 0. The van der Waals surface area contributed by atoms with Crippen LogP contribution >= 0.6 is 0 Å². The van der Waals surface area contributed by atoms with Crippen LogP contribution in [0.1, 0.15) is 0 Å². The molecule has 0 N–H and O–H groups in total. The van der Waals surface area contributed by atoms with Gasteiger partial charge in [0.05, 0.1) is 0 Å². The number of hydrogen-bond acceptors (Lipinski definition) is 1. The van der Waals surface area contributed by atoms with E-state index in [-0.39, 0.29) is 48.2 Å². The van der Waals surface area contributed by atoms with Gasteiger partial charge in [0.25, 0.3) is 0 Å². The first-order chi connectivity index (χ1) is 1.00. The van der Waals surface area contributed by atoms with Gasteiger partial charge in [-0.25, -0.2) is 0 Å². The molecule has 0 heterocycles. The summed E-state index contributed by atoms with van der Waals surface area (Å²) < 4.78 is 8.34. The van der Waals surface area contributed by atoms with Gasteiger partial charge in [-0.2, -0.15) is 0 Å². The number of hydrogen-bond donors (Lipinski definition) is 0. The Bertz CT molecular complexity index is 8.00. The molecule has 1 nitrogen and oxygen atoms in total. The van der Waals surface area contributed by atoms with Crippen LogP contribution in [0.5, 0.6) is 0 Å². The molecule has 0 bridgehead atoms. The topological polar surface area (TPSA) is 17.1 Å². The molecule has 0 aromatic carbocycles. The minimum atomic E-state index is 0. The maximum atomic E-state index is 8.34. The van der Waals surface area contributed by atoms with Crippen LogP contribution in [0.4, 0.5) is 0 Å². The quantitative estimate of drug-likeness (QED) is 0.417. The molecule has 0 saturated carbocycles. The maximum absolute atomic E-state index is 8.34. The van der Waals surface area contributed by atoms with Gasteiger partial charge >= 0.3 is 51.4 Å². The van der Waals surface area contributed by atoms with Crippen molar-refractivity contribution >= 4 is 48.4 Å². The van der Waals surface area contributed by atoms with Gasteiger partial charge in [-0.05, 0) is 0 Å². The zero-order valence-electron chi connectivity index (χ0n) is 1.36. The van der Waals surface area contributed by atoms with Crippen molar-refractivity contribution in [3.8, 4) is 0 Å². The van der Waals surface area contributed by atoms with Gasteiger partial charge < -0.3 is 0 Å². The summed E-state index contributed by atoms with van der Waals surface area (Å²) in [5.74, 6) is 0. The van der Waals surface area contributed by atoms with Gasteiger partial charge in [0, 0.05) is 22.4 Å². The van der Waals surface area contributed by atoms with Gasteiger partial charge in [-0.1, -0.05) is 0 Å². The Morgan fingerprint density at radius 2 is 1.25 bits per heavy atom. The molecule has 0 aromatic rings. The molecule has 0 rings (SSSR count). The molecule has 0 unspecified atom stereocenters. The molecule has 21 valence electrons. The maximum Gasteiger partial charge on any atom is 0 e. The van der Waals surface area contributed by atoms with E-state index in [9.17, 15) is 0 Å².